The van der Waals surface area contributed by atoms with E-state index in [-0.39, 0.29) is 0 Å². The Kier molecular flexibility index (Phi) is 2.70. The zero-order valence-electron chi connectivity index (χ0n) is 11.0. The number of nitrogens with zero attached hydrogens (tertiary/aromatic N) is 3. The smallest absolute Gasteiger partial charge is 0.140 e. The second-order valence-electron chi connectivity index (χ2n) is 5.71. The van der Waals surface area contributed by atoms with Crippen LogP contribution in [0, 0.1) is 0 Å². The lowest BCUT2D eigenvalue weighted by Gasteiger charge is -2.36. The molecule has 2 bridgehead atoms. The van der Waals surface area contributed by atoms with Crippen molar-refractivity contribution in [1.82, 2.24) is 15.3 Å². The number of nitrogens with one attached hydrogen (secondary N) is 1. The van der Waals surface area contributed by atoms with Crippen LogP contribution in [0.25, 0.3) is 10.2 Å². The molecule has 19 heavy (non-hydrogen) atoms. The van der Waals surface area contributed by atoms with Gasteiger partial charge in [0.25, 0.3) is 0 Å². The molecular weight excluding hydrogens is 256 g/mol. The highest BCUT2D eigenvalue weighted by atomic mass is 32.1. The number of thiophene rings is 1. The zero-order valence-corrected chi connectivity index (χ0v) is 11.9. The van der Waals surface area contributed by atoms with Gasteiger partial charge in [-0.15, -0.1) is 11.3 Å². The standard InChI is InChI=1S/C14H18N4S/c1-18(11-6-9-2-3-10(7-11)17-9)13-12-4-5-19-14(12)16-8-15-13/h4-5,8-11,17H,2-3,6-7H2,1H3. The molecule has 2 fully saturated rings. The van der Waals surface area contributed by atoms with Gasteiger partial charge in [-0.25, -0.2) is 9.97 Å². The van der Waals surface area contributed by atoms with E-state index in [4.69, 9.17) is 0 Å². The lowest BCUT2D eigenvalue weighted by atomic mass is 9.98. The van der Waals surface area contributed by atoms with Crippen molar-refractivity contribution in [3.05, 3.63) is 17.8 Å². The molecule has 1 N–H and O–H groups in total. The number of hydrogen-bond donors (Lipinski definition) is 1. The summed E-state index contributed by atoms with van der Waals surface area (Å²) in [5.41, 5.74) is 0. The average molecular weight is 274 g/mol. The van der Waals surface area contributed by atoms with Crippen LogP contribution < -0.4 is 10.2 Å². The van der Waals surface area contributed by atoms with Gasteiger partial charge in [-0.1, -0.05) is 0 Å². The number of fused-ring (bicyclic) bond motifs is 3. The van der Waals surface area contributed by atoms with Crippen LogP contribution in [0.2, 0.25) is 0 Å². The second kappa shape index (κ2) is 4.42. The molecule has 4 heterocycles. The first-order chi connectivity index (χ1) is 9.31. The fourth-order valence-corrected chi connectivity index (χ4v) is 4.30. The van der Waals surface area contributed by atoms with E-state index in [9.17, 15) is 0 Å². The Bertz CT molecular complexity index is 584. The molecule has 100 valence electrons. The van der Waals surface area contributed by atoms with Crippen molar-refractivity contribution in [2.24, 2.45) is 0 Å². The van der Waals surface area contributed by atoms with E-state index < -0.39 is 0 Å². The van der Waals surface area contributed by atoms with Crippen LogP contribution in [-0.2, 0) is 0 Å². The summed E-state index contributed by atoms with van der Waals surface area (Å²) in [5.74, 6) is 1.09. The highest BCUT2D eigenvalue weighted by molar-refractivity contribution is 7.16. The topological polar surface area (TPSA) is 41.1 Å². The molecule has 0 saturated carbocycles. The van der Waals surface area contributed by atoms with Crippen molar-refractivity contribution < 1.29 is 0 Å². The summed E-state index contributed by atoms with van der Waals surface area (Å²) >= 11 is 1.69. The molecular formula is C14H18N4S. The summed E-state index contributed by atoms with van der Waals surface area (Å²) in [6.45, 7) is 0. The van der Waals surface area contributed by atoms with Gasteiger partial charge in [0.15, 0.2) is 0 Å². The maximum Gasteiger partial charge on any atom is 0.140 e. The van der Waals surface area contributed by atoms with Crippen molar-refractivity contribution in [3.8, 4) is 0 Å². The van der Waals surface area contributed by atoms with Gasteiger partial charge in [-0.3, -0.25) is 0 Å². The molecule has 0 aliphatic carbocycles. The predicted octanol–water partition coefficient (Wildman–Crippen LogP) is 2.41. The van der Waals surface area contributed by atoms with Crippen molar-refractivity contribution in [2.75, 3.05) is 11.9 Å². The third kappa shape index (κ3) is 1.92. The van der Waals surface area contributed by atoms with Crippen LogP contribution in [0.5, 0.6) is 0 Å². The molecule has 2 aromatic rings. The van der Waals surface area contributed by atoms with Crippen LogP contribution in [0.4, 0.5) is 5.82 Å². The van der Waals surface area contributed by atoms with Crippen molar-refractivity contribution in [3.63, 3.8) is 0 Å². The van der Waals surface area contributed by atoms with Gasteiger partial charge in [0.1, 0.15) is 17.0 Å². The van der Waals surface area contributed by atoms with Crippen LogP contribution in [0.3, 0.4) is 0 Å². The monoisotopic (exact) mass is 274 g/mol. The molecule has 2 unspecified atom stereocenters. The number of anilines is 1. The largest absolute Gasteiger partial charge is 0.356 e. The van der Waals surface area contributed by atoms with Crippen LogP contribution >= 0.6 is 11.3 Å². The minimum Gasteiger partial charge on any atom is -0.356 e. The Morgan fingerprint density at radius 1 is 1.26 bits per heavy atom. The van der Waals surface area contributed by atoms with E-state index in [0.29, 0.717) is 18.1 Å². The summed E-state index contributed by atoms with van der Waals surface area (Å²) < 4.78 is 0. The van der Waals surface area contributed by atoms with E-state index >= 15 is 0 Å². The zero-order chi connectivity index (χ0) is 12.8. The molecule has 2 atom stereocenters. The third-order valence-corrected chi connectivity index (χ3v) is 5.39. The lowest BCUT2D eigenvalue weighted by molar-refractivity contribution is 0.354. The molecule has 0 aromatic carbocycles. The van der Waals surface area contributed by atoms with E-state index in [1.807, 2.05) is 0 Å². The number of piperidine rings is 1. The molecule has 4 nitrogen and oxygen atoms in total. The van der Waals surface area contributed by atoms with Crippen molar-refractivity contribution in [1.29, 1.82) is 0 Å². The molecule has 4 rings (SSSR count). The number of aromatic nitrogens is 2. The van der Waals surface area contributed by atoms with Gasteiger partial charge in [0.05, 0.1) is 5.39 Å². The van der Waals surface area contributed by atoms with Crippen LogP contribution in [0.15, 0.2) is 17.8 Å². The lowest BCUT2D eigenvalue weighted by Crippen LogP contribution is -2.47. The molecule has 2 aliphatic heterocycles. The first-order valence-corrected chi connectivity index (χ1v) is 7.86. The Morgan fingerprint density at radius 2 is 2.05 bits per heavy atom. The summed E-state index contributed by atoms with van der Waals surface area (Å²) in [7, 11) is 2.19. The fourth-order valence-electron chi connectivity index (χ4n) is 3.57. The number of hydrogen-bond acceptors (Lipinski definition) is 5. The normalized spacial score (nSPS) is 29.8. The highest BCUT2D eigenvalue weighted by Crippen LogP contribution is 2.33. The van der Waals surface area contributed by atoms with Crippen molar-refractivity contribution in [2.45, 2.75) is 43.8 Å². The Morgan fingerprint density at radius 3 is 2.84 bits per heavy atom. The molecule has 2 aromatic heterocycles. The Balaban J connectivity index is 1.66. The second-order valence-corrected chi connectivity index (χ2v) is 6.61. The summed E-state index contributed by atoms with van der Waals surface area (Å²) in [5, 5.41) is 7.00. The Labute approximate surface area is 116 Å². The van der Waals surface area contributed by atoms with E-state index in [1.54, 1.807) is 17.7 Å². The van der Waals surface area contributed by atoms with E-state index in [0.717, 1.165) is 10.6 Å². The predicted molar refractivity (Wildman–Crippen MR) is 78.8 cm³/mol. The molecule has 0 radical (unpaired) electrons. The summed E-state index contributed by atoms with van der Waals surface area (Å²) in [6, 6.07) is 4.18. The highest BCUT2D eigenvalue weighted by Gasteiger charge is 2.35. The van der Waals surface area contributed by atoms with Crippen LogP contribution in [-0.4, -0.2) is 35.1 Å². The molecule has 0 spiro atoms. The molecule has 0 amide bonds. The number of rotatable bonds is 2. The Hall–Kier alpha value is -1.20. The third-order valence-electron chi connectivity index (χ3n) is 4.57. The fraction of sp³-hybridized carbons (Fsp3) is 0.571. The van der Waals surface area contributed by atoms with Gasteiger partial charge in [-0.2, -0.15) is 0 Å². The van der Waals surface area contributed by atoms with Crippen molar-refractivity contribution >= 4 is 27.4 Å². The average Bonchev–Trinajstić information content (AvgIpc) is 3.04. The maximum absolute atomic E-state index is 4.53. The van der Waals surface area contributed by atoms with Gasteiger partial charge in [0.2, 0.25) is 0 Å². The maximum atomic E-state index is 4.53. The SMILES string of the molecule is CN(c1ncnc2sccc12)C1CC2CCC(C1)N2. The first kappa shape index (κ1) is 11.6. The van der Waals surface area contributed by atoms with E-state index in [2.05, 4.69) is 38.7 Å². The summed E-state index contributed by atoms with van der Waals surface area (Å²) in [4.78, 5) is 12.3. The van der Waals surface area contributed by atoms with Gasteiger partial charge in [0, 0.05) is 25.2 Å². The quantitative estimate of drug-likeness (QED) is 0.913. The summed E-state index contributed by atoms with van der Waals surface area (Å²) in [6.07, 6.45) is 6.85. The first-order valence-electron chi connectivity index (χ1n) is 6.98. The van der Waals surface area contributed by atoms with Gasteiger partial charge >= 0.3 is 0 Å². The van der Waals surface area contributed by atoms with Gasteiger partial charge < -0.3 is 10.2 Å². The minimum atomic E-state index is 0.608. The molecule has 5 heteroatoms. The van der Waals surface area contributed by atoms with Gasteiger partial charge in [-0.05, 0) is 37.1 Å². The van der Waals surface area contributed by atoms with Crippen LogP contribution in [0.1, 0.15) is 25.7 Å². The molecule has 2 aliphatic rings. The molecule has 2 saturated heterocycles. The minimum absolute atomic E-state index is 0.608. The van der Waals surface area contributed by atoms with E-state index in [1.165, 1.54) is 31.1 Å².